The van der Waals surface area contributed by atoms with Gasteiger partial charge in [-0.3, -0.25) is 0 Å². The number of nitrogens with zero attached hydrogens (tertiary/aromatic N) is 3. The van der Waals surface area contributed by atoms with E-state index in [2.05, 4.69) is 56.4 Å². The Balaban J connectivity index is 1.55. The van der Waals surface area contributed by atoms with Gasteiger partial charge in [-0.2, -0.15) is 0 Å². The average molecular weight is 382 g/mol. The van der Waals surface area contributed by atoms with Crippen LogP contribution >= 0.6 is 0 Å². The summed E-state index contributed by atoms with van der Waals surface area (Å²) in [4.78, 5) is 16.2. The lowest BCUT2D eigenvalue weighted by Gasteiger charge is -2.28. The van der Waals surface area contributed by atoms with Gasteiger partial charge in [-0.15, -0.1) is 0 Å². The van der Waals surface area contributed by atoms with Crippen LogP contribution in [0.1, 0.15) is 28.3 Å². The summed E-state index contributed by atoms with van der Waals surface area (Å²) in [5.41, 5.74) is 14.9. The Bertz CT molecular complexity index is 1170. The van der Waals surface area contributed by atoms with Gasteiger partial charge in [-0.25, -0.2) is 15.0 Å². The summed E-state index contributed by atoms with van der Waals surface area (Å²) in [5.74, 6) is 0.840. The van der Waals surface area contributed by atoms with Crippen LogP contribution in [0.4, 0.5) is 5.69 Å². The summed E-state index contributed by atoms with van der Waals surface area (Å²) in [6, 6.07) is 12.9. The molecule has 5 rings (SSSR count). The fourth-order valence-electron chi connectivity index (χ4n) is 4.05. The molecule has 29 heavy (non-hydrogen) atoms. The van der Waals surface area contributed by atoms with Gasteiger partial charge >= 0.3 is 0 Å². The van der Waals surface area contributed by atoms with Gasteiger partial charge in [0.2, 0.25) is 0 Å². The SMILES string of the molecule is Cc1ccc(C2NCCc3c(N)cccc32)cc1-c1ncc(-c2cncnc2)[nH]1. The van der Waals surface area contributed by atoms with E-state index in [1.54, 1.807) is 12.4 Å². The van der Waals surface area contributed by atoms with Gasteiger partial charge < -0.3 is 16.0 Å². The van der Waals surface area contributed by atoms with E-state index >= 15 is 0 Å². The Kier molecular flexibility index (Phi) is 4.33. The van der Waals surface area contributed by atoms with Gasteiger partial charge in [0, 0.05) is 35.8 Å². The zero-order chi connectivity index (χ0) is 19.8. The molecule has 6 nitrogen and oxygen atoms in total. The van der Waals surface area contributed by atoms with Crippen molar-refractivity contribution in [1.29, 1.82) is 0 Å². The highest BCUT2D eigenvalue weighted by molar-refractivity contribution is 5.67. The number of nitrogens with two attached hydrogens (primary N) is 1. The minimum Gasteiger partial charge on any atom is -0.398 e. The van der Waals surface area contributed by atoms with Gasteiger partial charge in [0.15, 0.2) is 0 Å². The number of imidazole rings is 1. The summed E-state index contributed by atoms with van der Waals surface area (Å²) in [5, 5.41) is 3.65. The second-order valence-electron chi connectivity index (χ2n) is 7.40. The highest BCUT2D eigenvalue weighted by atomic mass is 14.9. The minimum atomic E-state index is 0.124. The van der Waals surface area contributed by atoms with Crippen LogP contribution in [0.15, 0.2) is 61.3 Å². The second kappa shape index (κ2) is 7.14. The lowest BCUT2D eigenvalue weighted by molar-refractivity contribution is 0.569. The highest BCUT2D eigenvalue weighted by Gasteiger charge is 2.23. The second-order valence-corrected chi connectivity index (χ2v) is 7.40. The maximum atomic E-state index is 6.23. The van der Waals surface area contributed by atoms with Crippen molar-refractivity contribution in [2.45, 2.75) is 19.4 Å². The van der Waals surface area contributed by atoms with Gasteiger partial charge in [0.1, 0.15) is 12.2 Å². The molecular formula is C23H22N6. The summed E-state index contributed by atoms with van der Waals surface area (Å²) in [6.07, 6.45) is 7.87. The number of H-pyrrole nitrogens is 1. The molecule has 0 radical (unpaired) electrons. The first-order valence-corrected chi connectivity index (χ1v) is 9.72. The summed E-state index contributed by atoms with van der Waals surface area (Å²) >= 11 is 0. The number of nitrogen functional groups attached to an aromatic ring is 1. The molecular weight excluding hydrogens is 360 g/mol. The summed E-state index contributed by atoms with van der Waals surface area (Å²) in [7, 11) is 0. The number of aromatic nitrogens is 4. The number of benzene rings is 2. The molecule has 1 unspecified atom stereocenters. The van der Waals surface area contributed by atoms with Crippen LogP contribution in [0.25, 0.3) is 22.6 Å². The monoisotopic (exact) mass is 382 g/mol. The van der Waals surface area contributed by atoms with Gasteiger partial charge in [-0.05, 0) is 47.7 Å². The van der Waals surface area contributed by atoms with Crippen LogP contribution in [0.5, 0.6) is 0 Å². The number of aryl methyl sites for hydroxylation is 1. The number of hydrogen-bond acceptors (Lipinski definition) is 5. The van der Waals surface area contributed by atoms with E-state index in [1.165, 1.54) is 28.6 Å². The number of nitrogens with one attached hydrogen (secondary N) is 2. The van der Waals surface area contributed by atoms with Crippen LogP contribution < -0.4 is 11.1 Å². The summed E-state index contributed by atoms with van der Waals surface area (Å²) in [6.45, 7) is 3.02. The topological polar surface area (TPSA) is 92.5 Å². The van der Waals surface area contributed by atoms with Crippen molar-refractivity contribution in [2.24, 2.45) is 0 Å². The Hall–Kier alpha value is -3.51. The van der Waals surface area contributed by atoms with Crippen molar-refractivity contribution in [1.82, 2.24) is 25.3 Å². The Morgan fingerprint density at radius 3 is 2.79 bits per heavy atom. The first kappa shape index (κ1) is 17.6. The number of rotatable bonds is 3. The van der Waals surface area contributed by atoms with Crippen LogP contribution in [0.3, 0.4) is 0 Å². The fraction of sp³-hybridized carbons (Fsp3) is 0.174. The molecule has 1 atom stereocenters. The van der Waals surface area contributed by atoms with Crippen molar-refractivity contribution < 1.29 is 0 Å². The third-order valence-corrected chi connectivity index (χ3v) is 5.58. The Labute approximate surface area is 169 Å². The molecule has 0 amide bonds. The Morgan fingerprint density at radius 2 is 1.93 bits per heavy atom. The molecule has 2 aromatic heterocycles. The molecule has 0 spiro atoms. The number of fused-ring (bicyclic) bond motifs is 1. The standard InChI is InChI=1S/C23H22N6/c1-14-5-6-15(22-18-3-2-4-20(24)17(18)7-8-27-22)9-19(14)23-28-12-21(29-23)16-10-25-13-26-11-16/h2-6,9-13,22,27H,7-8,24H2,1H3,(H,28,29). The zero-order valence-corrected chi connectivity index (χ0v) is 16.2. The quantitative estimate of drug-likeness (QED) is 0.470. The van der Waals surface area contributed by atoms with E-state index < -0.39 is 0 Å². The number of aromatic amines is 1. The predicted octanol–water partition coefficient (Wildman–Crippen LogP) is 3.66. The fourth-order valence-corrected chi connectivity index (χ4v) is 4.05. The van der Waals surface area contributed by atoms with Crippen molar-refractivity contribution in [3.05, 3.63) is 83.6 Å². The molecule has 0 saturated carbocycles. The van der Waals surface area contributed by atoms with E-state index in [0.29, 0.717) is 0 Å². The average Bonchev–Trinajstić information content (AvgIpc) is 3.25. The maximum absolute atomic E-state index is 6.23. The molecule has 3 heterocycles. The molecule has 0 aliphatic carbocycles. The molecule has 6 heteroatoms. The van der Waals surface area contributed by atoms with E-state index in [9.17, 15) is 0 Å². The third-order valence-electron chi connectivity index (χ3n) is 5.58. The molecule has 4 N–H and O–H groups in total. The normalized spacial score (nSPS) is 15.8. The molecule has 1 aliphatic rings. The first-order valence-electron chi connectivity index (χ1n) is 9.72. The number of hydrogen-bond donors (Lipinski definition) is 3. The van der Waals surface area contributed by atoms with E-state index in [1.807, 2.05) is 18.3 Å². The molecule has 4 aromatic rings. The predicted molar refractivity (Wildman–Crippen MR) is 114 cm³/mol. The van der Waals surface area contributed by atoms with Crippen molar-refractivity contribution in [2.75, 3.05) is 12.3 Å². The van der Waals surface area contributed by atoms with Crippen molar-refractivity contribution >= 4 is 5.69 Å². The molecule has 0 saturated heterocycles. The van der Waals surface area contributed by atoms with E-state index in [4.69, 9.17) is 5.73 Å². The molecule has 2 aromatic carbocycles. The van der Waals surface area contributed by atoms with Crippen molar-refractivity contribution in [3.8, 4) is 22.6 Å². The van der Waals surface area contributed by atoms with E-state index in [-0.39, 0.29) is 6.04 Å². The highest BCUT2D eigenvalue weighted by Crippen LogP contribution is 2.34. The molecule has 0 fully saturated rings. The first-order chi connectivity index (χ1) is 14.2. The zero-order valence-electron chi connectivity index (χ0n) is 16.2. The van der Waals surface area contributed by atoms with Gasteiger partial charge in [0.25, 0.3) is 0 Å². The van der Waals surface area contributed by atoms with Crippen molar-refractivity contribution in [3.63, 3.8) is 0 Å². The lowest BCUT2D eigenvalue weighted by Crippen LogP contribution is -2.31. The third kappa shape index (κ3) is 3.17. The molecule has 144 valence electrons. The van der Waals surface area contributed by atoms with Crippen LogP contribution in [-0.4, -0.2) is 26.5 Å². The largest absolute Gasteiger partial charge is 0.398 e. The van der Waals surface area contributed by atoms with Gasteiger partial charge in [0.05, 0.1) is 17.9 Å². The van der Waals surface area contributed by atoms with Crippen LogP contribution in [-0.2, 0) is 6.42 Å². The minimum absolute atomic E-state index is 0.124. The molecule has 1 aliphatic heterocycles. The summed E-state index contributed by atoms with van der Waals surface area (Å²) < 4.78 is 0. The maximum Gasteiger partial charge on any atom is 0.138 e. The molecule has 0 bridgehead atoms. The lowest BCUT2D eigenvalue weighted by atomic mass is 9.87. The number of anilines is 1. The van der Waals surface area contributed by atoms with Crippen LogP contribution in [0.2, 0.25) is 0 Å². The van der Waals surface area contributed by atoms with E-state index in [0.717, 1.165) is 41.3 Å². The smallest absolute Gasteiger partial charge is 0.138 e. The Morgan fingerprint density at radius 1 is 1.07 bits per heavy atom. The van der Waals surface area contributed by atoms with Crippen LogP contribution in [0, 0.1) is 6.92 Å². The van der Waals surface area contributed by atoms with Gasteiger partial charge in [-0.1, -0.05) is 24.3 Å².